The lowest BCUT2D eigenvalue weighted by molar-refractivity contribution is 0.0941. The number of amides is 1. The lowest BCUT2D eigenvalue weighted by Gasteiger charge is -2.45. The van der Waals surface area contributed by atoms with Crippen molar-refractivity contribution in [3.8, 4) is 12.1 Å². The molecule has 0 radical (unpaired) electrons. The third-order valence-corrected chi connectivity index (χ3v) is 7.90. The van der Waals surface area contributed by atoms with E-state index in [-0.39, 0.29) is 41.8 Å². The standard InChI is InChI=1S/C33H36F2N6O/c1-20-10-21(2)28(33(42)39-22(3)16-38-31-13-29(34)26(15-37)12-30(31)35)11-27(20)19-41-23(4)17-40(18-24(41)5)32-9-7-6-8-25(32)14-36/h6-13,22-24,38H,16-19H2,1-5H3,(H,39,42)/t22-,23-,24+/m0/s1. The van der Waals surface area contributed by atoms with E-state index >= 15 is 0 Å². The first-order valence-corrected chi connectivity index (χ1v) is 14.1. The summed E-state index contributed by atoms with van der Waals surface area (Å²) < 4.78 is 28.2. The Kier molecular flexibility index (Phi) is 9.45. The van der Waals surface area contributed by atoms with Gasteiger partial charge in [0.1, 0.15) is 23.8 Å². The van der Waals surface area contributed by atoms with Crippen LogP contribution in [0.4, 0.5) is 20.2 Å². The van der Waals surface area contributed by atoms with Crippen LogP contribution >= 0.6 is 0 Å². The molecule has 42 heavy (non-hydrogen) atoms. The van der Waals surface area contributed by atoms with Crippen molar-refractivity contribution >= 4 is 17.3 Å². The van der Waals surface area contributed by atoms with E-state index in [1.54, 1.807) is 13.0 Å². The van der Waals surface area contributed by atoms with E-state index in [1.807, 2.05) is 43.3 Å². The molecule has 1 aliphatic rings. The maximum atomic E-state index is 14.2. The number of hydrogen-bond acceptors (Lipinski definition) is 6. The second-order valence-corrected chi connectivity index (χ2v) is 11.2. The van der Waals surface area contributed by atoms with Gasteiger partial charge in [-0.05, 0) is 75.6 Å². The fraction of sp³-hybridized carbons (Fsp3) is 0.364. The number of anilines is 2. The highest BCUT2D eigenvalue weighted by Crippen LogP contribution is 2.28. The van der Waals surface area contributed by atoms with Crippen LogP contribution in [0.5, 0.6) is 0 Å². The number of carbonyl (C=O) groups excluding carboxylic acids is 1. The summed E-state index contributed by atoms with van der Waals surface area (Å²) in [5.41, 5.74) is 4.80. The van der Waals surface area contributed by atoms with Gasteiger partial charge in [0.25, 0.3) is 5.91 Å². The molecule has 3 aromatic rings. The van der Waals surface area contributed by atoms with Crippen molar-refractivity contribution in [1.29, 1.82) is 10.5 Å². The third-order valence-electron chi connectivity index (χ3n) is 7.90. The Morgan fingerprint density at radius 1 is 0.976 bits per heavy atom. The highest BCUT2D eigenvalue weighted by Gasteiger charge is 2.31. The Bertz CT molecular complexity index is 1550. The molecule has 0 saturated carbocycles. The second kappa shape index (κ2) is 13.0. The molecule has 1 heterocycles. The van der Waals surface area contributed by atoms with E-state index < -0.39 is 11.6 Å². The van der Waals surface area contributed by atoms with E-state index in [0.717, 1.165) is 47.6 Å². The van der Waals surface area contributed by atoms with Crippen LogP contribution in [0.15, 0.2) is 48.5 Å². The van der Waals surface area contributed by atoms with Gasteiger partial charge in [-0.15, -0.1) is 0 Å². The summed E-state index contributed by atoms with van der Waals surface area (Å²) in [5.74, 6) is -1.78. The average Bonchev–Trinajstić information content (AvgIpc) is 2.95. The van der Waals surface area contributed by atoms with E-state index in [1.165, 1.54) is 0 Å². The van der Waals surface area contributed by atoms with Crippen molar-refractivity contribution in [2.75, 3.05) is 29.9 Å². The summed E-state index contributed by atoms with van der Waals surface area (Å²) in [4.78, 5) is 18.0. The minimum absolute atomic E-state index is 0.0687. The van der Waals surface area contributed by atoms with Crippen LogP contribution < -0.4 is 15.5 Å². The molecule has 0 aromatic heterocycles. The van der Waals surface area contributed by atoms with Crippen molar-refractivity contribution in [2.24, 2.45) is 0 Å². The molecule has 3 aromatic carbocycles. The molecule has 0 unspecified atom stereocenters. The fourth-order valence-electron chi connectivity index (χ4n) is 5.60. The number of nitriles is 2. The summed E-state index contributed by atoms with van der Waals surface area (Å²) >= 11 is 0. The molecule has 0 bridgehead atoms. The molecule has 9 heteroatoms. The molecule has 0 aliphatic carbocycles. The van der Waals surface area contributed by atoms with Gasteiger partial charge in [0.05, 0.1) is 22.5 Å². The van der Waals surface area contributed by atoms with Gasteiger partial charge in [-0.2, -0.15) is 10.5 Å². The first kappa shape index (κ1) is 30.5. The van der Waals surface area contributed by atoms with Gasteiger partial charge in [-0.3, -0.25) is 9.69 Å². The maximum absolute atomic E-state index is 14.2. The van der Waals surface area contributed by atoms with Crippen LogP contribution in [-0.4, -0.2) is 48.6 Å². The fourth-order valence-corrected chi connectivity index (χ4v) is 5.60. The lowest BCUT2D eigenvalue weighted by atomic mass is 9.97. The molecule has 218 valence electrons. The number of piperazine rings is 1. The molecular weight excluding hydrogens is 534 g/mol. The van der Waals surface area contributed by atoms with E-state index in [0.29, 0.717) is 17.7 Å². The SMILES string of the molecule is Cc1cc(C)c(C(=O)N[C@@H](C)CNc2cc(F)c(C#N)cc2F)cc1CN1[C@H](C)CN(c2ccccc2C#N)C[C@@H]1C. The summed E-state index contributed by atoms with van der Waals surface area (Å²) in [7, 11) is 0. The van der Waals surface area contributed by atoms with Gasteiger partial charge in [0, 0.05) is 55.9 Å². The zero-order valence-corrected chi connectivity index (χ0v) is 24.6. The largest absolute Gasteiger partial charge is 0.381 e. The predicted octanol–water partition coefficient (Wildman–Crippen LogP) is 5.65. The minimum atomic E-state index is -0.807. The number of nitrogens with one attached hydrogen (secondary N) is 2. The molecule has 7 nitrogen and oxygen atoms in total. The van der Waals surface area contributed by atoms with Crippen LogP contribution in [0.3, 0.4) is 0 Å². The zero-order chi connectivity index (χ0) is 30.6. The quantitative estimate of drug-likeness (QED) is 0.363. The monoisotopic (exact) mass is 570 g/mol. The lowest BCUT2D eigenvalue weighted by Crippen LogP contribution is -2.56. The first-order valence-electron chi connectivity index (χ1n) is 14.1. The highest BCUT2D eigenvalue weighted by molar-refractivity contribution is 5.96. The van der Waals surface area contributed by atoms with Crippen LogP contribution in [0.25, 0.3) is 0 Å². The second-order valence-electron chi connectivity index (χ2n) is 11.2. The molecule has 1 amide bonds. The number of hydrogen-bond donors (Lipinski definition) is 2. The van der Waals surface area contributed by atoms with Crippen molar-refractivity contribution in [3.05, 3.63) is 93.5 Å². The molecule has 2 N–H and O–H groups in total. The number of halogens is 2. The Labute approximate surface area is 246 Å². The number of benzene rings is 3. The van der Waals surface area contributed by atoms with Gasteiger partial charge in [-0.25, -0.2) is 8.78 Å². The molecule has 1 fully saturated rings. The topological polar surface area (TPSA) is 95.2 Å². The van der Waals surface area contributed by atoms with Gasteiger partial charge >= 0.3 is 0 Å². The van der Waals surface area contributed by atoms with Crippen LogP contribution in [0, 0.1) is 48.1 Å². The molecule has 4 rings (SSSR count). The van der Waals surface area contributed by atoms with Gasteiger partial charge < -0.3 is 15.5 Å². The molecule has 1 saturated heterocycles. The van der Waals surface area contributed by atoms with Gasteiger partial charge in [-0.1, -0.05) is 18.2 Å². The molecule has 0 spiro atoms. The number of rotatable bonds is 8. The normalized spacial score (nSPS) is 17.7. The van der Waals surface area contributed by atoms with E-state index in [4.69, 9.17) is 5.26 Å². The third kappa shape index (κ3) is 6.70. The van der Waals surface area contributed by atoms with Crippen molar-refractivity contribution in [3.63, 3.8) is 0 Å². The van der Waals surface area contributed by atoms with Crippen LogP contribution in [0.1, 0.15) is 58.9 Å². The number of nitrogens with zero attached hydrogens (tertiary/aromatic N) is 4. The number of carbonyl (C=O) groups is 1. The Balaban J connectivity index is 1.43. The Morgan fingerprint density at radius 2 is 1.64 bits per heavy atom. The number of para-hydroxylation sites is 1. The maximum Gasteiger partial charge on any atom is 0.251 e. The summed E-state index contributed by atoms with van der Waals surface area (Å²) in [6, 6.07) is 17.4. The molecule has 1 aliphatic heterocycles. The predicted molar refractivity (Wildman–Crippen MR) is 160 cm³/mol. The zero-order valence-electron chi connectivity index (χ0n) is 24.6. The Hall–Kier alpha value is -4.47. The van der Waals surface area contributed by atoms with Crippen molar-refractivity contribution in [1.82, 2.24) is 10.2 Å². The summed E-state index contributed by atoms with van der Waals surface area (Å²) in [6.07, 6.45) is 0. The van der Waals surface area contributed by atoms with Crippen LogP contribution in [-0.2, 0) is 6.54 Å². The number of aryl methyl sites for hydroxylation is 2. The summed E-state index contributed by atoms with van der Waals surface area (Å²) in [6.45, 7) is 12.5. The molecular formula is C33H36F2N6O. The first-order chi connectivity index (χ1) is 20.0. The molecule has 3 atom stereocenters. The Morgan fingerprint density at radius 3 is 2.31 bits per heavy atom. The minimum Gasteiger partial charge on any atom is -0.381 e. The van der Waals surface area contributed by atoms with Crippen LogP contribution in [0.2, 0.25) is 0 Å². The van der Waals surface area contributed by atoms with Crippen molar-refractivity contribution in [2.45, 2.75) is 59.3 Å². The van der Waals surface area contributed by atoms with E-state index in [9.17, 15) is 18.8 Å². The van der Waals surface area contributed by atoms with Crippen molar-refractivity contribution < 1.29 is 13.6 Å². The van der Waals surface area contributed by atoms with Gasteiger partial charge in [0.15, 0.2) is 0 Å². The van der Waals surface area contributed by atoms with E-state index in [2.05, 4.69) is 47.3 Å². The highest BCUT2D eigenvalue weighted by atomic mass is 19.1. The smallest absolute Gasteiger partial charge is 0.251 e. The average molecular weight is 571 g/mol. The van der Waals surface area contributed by atoms with Gasteiger partial charge in [0.2, 0.25) is 0 Å². The summed E-state index contributed by atoms with van der Waals surface area (Å²) in [5, 5.41) is 24.2.